The Morgan fingerprint density at radius 1 is 0.173 bits per heavy atom. The average molecular weight is 1930 g/mol. The summed E-state index contributed by atoms with van der Waals surface area (Å²) < 4.78 is 22.4. The average Bonchev–Trinajstić information content (AvgIpc) is 1.56. The Labute approximate surface area is 860 Å². The number of para-hydroxylation sites is 6. The molecule has 33 rings (SSSR count). The number of nitrogens with zero attached hydrogens (tertiary/aromatic N) is 9. The molecule has 0 saturated heterocycles. The van der Waals surface area contributed by atoms with Gasteiger partial charge in [0.05, 0.1) is 66.7 Å². The Hall–Kier alpha value is -19.9. The number of aromatic nitrogens is 9. The SMILES string of the molecule is c1ccc2c(c1)ccc1c2c2c3ccccc3ccc2n1-c1ccc(-c2nc(-c3ccc4oc5ccccc5c4c3)c3ccccc3n2)cc1.c1ccc2c(c1)ccc1c2c2c3ccccc3ccc2n1-c1ccc(-c2nc(-c3ccc4sc5ccccc5c4c3)c3ccccc3n2)cc1.c1ccc2c(c1)ccc1c2c2c3ccccc3ccc2n1-c1ccc(-c2nc(-c3cccc4c3oc3ccccc34)c3ccccc3n2)cc1. The summed E-state index contributed by atoms with van der Waals surface area (Å²) in [6.07, 6.45) is 0. The highest BCUT2D eigenvalue weighted by molar-refractivity contribution is 7.25. The van der Waals surface area contributed by atoms with Gasteiger partial charge in [0.2, 0.25) is 0 Å². The molecule has 9 heterocycles. The number of thiophene rings is 1. The van der Waals surface area contributed by atoms with Crippen LogP contribution in [0.4, 0.5) is 0 Å². The summed E-state index contributed by atoms with van der Waals surface area (Å²) in [7, 11) is 0. The van der Waals surface area contributed by atoms with Crippen LogP contribution in [-0.4, -0.2) is 43.6 Å². The maximum Gasteiger partial charge on any atom is 0.160 e. The second-order valence-electron chi connectivity index (χ2n) is 38.9. The lowest BCUT2D eigenvalue weighted by Crippen LogP contribution is -1.97. The van der Waals surface area contributed by atoms with Crippen LogP contribution in [0.5, 0.6) is 0 Å². The number of rotatable bonds is 9. The van der Waals surface area contributed by atoms with Gasteiger partial charge in [-0.2, -0.15) is 0 Å². The molecular weight excluding hydrogens is 1850 g/mol. The Morgan fingerprint density at radius 2 is 0.453 bits per heavy atom. The molecule has 33 aromatic rings. The molecule has 0 spiro atoms. The van der Waals surface area contributed by atoms with E-state index in [1.54, 1.807) is 0 Å². The van der Waals surface area contributed by atoms with E-state index in [0.29, 0.717) is 11.6 Å². The molecule has 0 unspecified atom stereocenters. The van der Waals surface area contributed by atoms with Gasteiger partial charge in [0, 0.05) is 141 Å². The molecule has 0 amide bonds. The van der Waals surface area contributed by atoms with Crippen LogP contribution in [0.15, 0.2) is 500 Å². The van der Waals surface area contributed by atoms with Gasteiger partial charge in [-0.3, -0.25) is 0 Å². The number of hydrogen-bond donors (Lipinski definition) is 0. The molecule has 0 atom stereocenters. The summed E-state index contributed by atoms with van der Waals surface area (Å²) in [5.74, 6) is 2.10. The zero-order valence-corrected chi connectivity index (χ0v) is 81.3. The predicted molar refractivity (Wildman–Crippen MR) is 627 cm³/mol. The highest BCUT2D eigenvalue weighted by Gasteiger charge is 2.27. The number of furan rings is 2. The van der Waals surface area contributed by atoms with Crippen molar-refractivity contribution < 1.29 is 8.83 Å². The standard InChI is InChI=1S/2C46H27N3O.C46H27N3S/c1-3-12-32-28(10-1)22-26-39-42(32)43-33-13-4-2-11-29(33)23-27-40(43)49(39)31-24-20-30(21-25-31)46-47-38-18-7-5-15-36(38)44(48-46)37-17-9-16-35-34-14-6-8-19-41(34)50-45(35)37;2*1-3-11-33-28(9-1)19-24-39-43(33)44-34-12-4-2-10-29(34)20-25-40(44)49(39)32-22-17-30(18-23-32)46-47-38-15-7-5-14-36(38)45(48-46)31-21-26-42-37(27-31)35-13-6-8-16-41(35)50-42/h3*1-27H. The van der Waals surface area contributed by atoms with E-state index in [4.69, 9.17) is 38.7 Å². The third-order valence-electron chi connectivity index (χ3n) is 30.6. The van der Waals surface area contributed by atoms with Gasteiger partial charge in [-0.25, -0.2) is 29.9 Å². The van der Waals surface area contributed by atoms with Crippen LogP contribution in [0.2, 0.25) is 0 Å². The Morgan fingerprint density at radius 3 is 0.847 bits per heavy atom. The molecule has 0 saturated carbocycles. The lowest BCUT2D eigenvalue weighted by molar-refractivity contribution is 0.669. The van der Waals surface area contributed by atoms with E-state index >= 15 is 0 Å². The Bertz CT molecular complexity index is 10800. The third kappa shape index (κ3) is 13.5. The van der Waals surface area contributed by atoms with Crippen LogP contribution in [0.3, 0.4) is 0 Å². The van der Waals surface area contributed by atoms with Gasteiger partial charge in [0.15, 0.2) is 17.5 Å². The Balaban J connectivity index is 0.000000101. The van der Waals surface area contributed by atoms with Crippen molar-refractivity contribution in [1.82, 2.24) is 43.6 Å². The molecule has 0 bridgehead atoms. The van der Waals surface area contributed by atoms with Crippen LogP contribution in [-0.2, 0) is 0 Å². The lowest BCUT2D eigenvalue weighted by atomic mass is 10.00. The molecule has 0 aliphatic heterocycles. The second-order valence-corrected chi connectivity index (χ2v) is 40.0. The first-order valence-electron chi connectivity index (χ1n) is 50.7. The minimum absolute atomic E-state index is 0.678. The zero-order chi connectivity index (χ0) is 98.3. The number of benzene rings is 24. The minimum atomic E-state index is 0.678. The molecule has 9 aromatic heterocycles. The summed E-state index contributed by atoms with van der Waals surface area (Å²) >= 11 is 1.84. The van der Waals surface area contributed by atoms with Crippen LogP contribution >= 0.6 is 11.3 Å². The van der Waals surface area contributed by atoms with Crippen LogP contribution in [0.1, 0.15) is 0 Å². The molecule has 24 aromatic carbocycles. The van der Waals surface area contributed by atoms with E-state index in [1.807, 2.05) is 65.9 Å². The van der Waals surface area contributed by atoms with Gasteiger partial charge in [0.1, 0.15) is 22.3 Å². The molecule has 0 fully saturated rings. The topological polar surface area (TPSA) is 118 Å². The summed E-state index contributed by atoms with van der Waals surface area (Å²) in [6, 6.07) is 175. The molecular formula is C138H81N9O2S. The van der Waals surface area contributed by atoms with Gasteiger partial charge in [-0.05, 0) is 247 Å². The monoisotopic (exact) mass is 1930 g/mol. The molecule has 150 heavy (non-hydrogen) atoms. The lowest BCUT2D eigenvalue weighted by Gasteiger charge is -2.12. The van der Waals surface area contributed by atoms with Crippen molar-refractivity contribution in [3.63, 3.8) is 0 Å². The fourth-order valence-electron chi connectivity index (χ4n) is 23.7. The molecule has 696 valence electrons. The van der Waals surface area contributed by atoms with Crippen molar-refractivity contribution in [1.29, 1.82) is 0 Å². The number of fused-ring (bicyclic) bond motifs is 33. The summed E-state index contributed by atoms with van der Waals surface area (Å²) in [5, 5.41) is 32.7. The van der Waals surface area contributed by atoms with Crippen LogP contribution < -0.4 is 0 Å². The first kappa shape index (κ1) is 84.6. The summed E-state index contributed by atoms with van der Waals surface area (Å²) in [4.78, 5) is 30.9. The minimum Gasteiger partial charge on any atom is -0.456 e. The second kappa shape index (κ2) is 33.9. The first-order valence-corrected chi connectivity index (χ1v) is 51.6. The summed E-state index contributed by atoms with van der Waals surface area (Å²) in [5.41, 5.74) is 25.4. The largest absolute Gasteiger partial charge is 0.456 e. The van der Waals surface area contributed by atoms with Gasteiger partial charge >= 0.3 is 0 Å². The van der Waals surface area contributed by atoms with Gasteiger partial charge in [-0.1, -0.05) is 309 Å². The quantitative estimate of drug-likeness (QED) is 0.140. The van der Waals surface area contributed by atoms with Crippen molar-refractivity contribution in [2.75, 3.05) is 0 Å². The predicted octanol–water partition coefficient (Wildman–Crippen LogP) is 37.3. The van der Waals surface area contributed by atoms with Crippen molar-refractivity contribution in [2.45, 2.75) is 0 Å². The van der Waals surface area contributed by atoms with E-state index in [1.165, 1.54) is 150 Å². The smallest absolute Gasteiger partial charge is 0.160 e. The molecule has 0 N–H and O–H groups in total. The van der Waals surface area contributed by atoms with Crippen molar-refractivity contribution in [2.24, 2.45) is 0 Å². The van der Waals surface area contributed by atoms with E-state index < -0.39 is 0 Å². The maximum atomic E-state index is 6.45. The van der Waals surface area contributed by atoms with E-state index in [2.05, 4.69) is 450 Å². The highest BCUT2D eigenvalue weighted by Crippen LogP contribution is 2.49. The van der Waals surface area contributed by atoms with Gasteiger partial charge in [0.25, 0.3) is 0 Å². The fraction of sp³-hybridized carbons (Fsp3) is 0. The van der Waals surface area contributed by atoms with Crippen molar-refractivity contribution >= 4 is 238 Å². The van der Waals surface area contributed by atoms with Crippen LogP contribution in [0.25, 0.3) is 312 Å². The van der Waals surface area contributed by atoms with Gasteiger partial charge < -0.3 is 22.5 Å². The third-order valence-corrected chi connectivity index (χ3v) is 31.7. The molecule has 0 aliphatic rings. The highest BCUT2D eigenvalue weighted by atomic mass is 32.1. The van der Waals surface area contributed by atoms with Crippen molar-refractivity contribution in [3.05, 3.63) is 491 Å². The van der Waals surface area contributed by atoms with E-state index in [9.17, 15) is 0 Å². The molecule has 11 nitrogen and oxygen atoms in total. The molecule has 0 aliphatic carbocycles. The van der Waals surface area contributed by atoms with E-state index in [0.717, 1.165) is 150 Å². The maximum absolute atomic E-state index is 6.45. The van der Waals surface area contributed by atoms with E-state index in [-0.39, 0.29) is 0 Å². The normalized spacial score (nSPS) is 12.0. The fourth-order valence-corrected chi connectivity index (χ4v) is 24.8. The number of hydrogen-bond acceptors (Lipinski definition) is 9. The van der Waals surface area contributed by atoms with Crippen LogP contribution in [0, 0.1) is 0 Å². The van der Waals surface area contributed by atoms with Gasteiger partial charge in [-0.15, -0.1) is 11.3 Å². The molecule has 12 heteroatoms. The molecule has 0 radical (unpaired) electrons. The van der Waals surface area contributed by atoms with Crippen molar-refractivity contribution in [3.8, 4) is 85.0 Å². The Kier molecular flexibility index (Phi) is 19.1. The summed E-state index contributed by atoms with van der Waals surface area (Å²) in [6.45, 7) is 0. The zero-order valence-electron chi connectivity index (χ0n) is 80.5. The first-order chi connectivity index (χ1) is 74.4.